The summed E-state index contributed by atoms with van der Waals surface area (Å²) in [5, 5.41) is 11.7. The summed E-state index contributed by atoms with van der Waals surface area (Å²) in [4.78, 5) is 4.50. The Morgan fingerprint density at radius 3 is 2.47 bits per heavy atom. The van der Waals surface area contributed by atoms with E-state index in [1.165, 1.54) is 32.1 Å². The van der Waals surface area contributed by atoms with Crippen LogP contribution >= 0.6 is 11.6 Å². The normalized spacial score (nSPS) is 11.6. The van der Waals surface area contributed by atoms with Crippen LogP contribution in [0.1, 0.15) is 74.4 Å². The van der Waals surface area contributed by atoms with E-state index in [1.54, 1.807) is 32.6 Å². The number of hydrogen-bond donors (Lipinski definition) is 1. The predicted molar refractivity (Wildman–Crippen MR) is 150 cm³/mol. The lowest BCUT2D eigenvalue weighted by atomic mass is 9.97. The van der Waals surface area contributed by atoms with Gasteiger partial charge >= 0.3 is 0 Å². The third-order valence-corrected chi connectivity index (χ3v) is 6.12. The lowest BCUT2D eigenvalue weighted by Crippen LogP contribution is -2.10. The molecule has 3 rings (SSSR count). The number of halogens is 1. The van der Waals surface area contributed by atoms with E-state index in [-0.39, 0.29) is 0 Å². The lowest BCUT2D eigenvalue weighted by Gasteiger charge is -2.20. The monoisotopic (exact) mass is 510 g/mol. The van der Waals surface area contributed by atoms with Crippen molar-refractivity contribution in [1.82, 2.24) is 9.55 Å². The van der Waals surface area contributed by atoms with Crippen LogP contribution in [-0.4, -0.2) is 28.9 Å². The average molecular weight is 511 g/mol. The molecule has 3 aromatic rings. The first-order valence-electron chi connectivity index (χ1n) is 12.4. The summed E-state index contributed by atoms with van der Waals surface area (Å²) in [5.41, 5.74) is 3.03. The number of allylic oxidation sites excluding steroid dienone is 1. The number of ether oxygens (including phenoxy) is 2. The molecule has 5 nitrogen and oxygen atoms in total. The van der Waals surface area contributed by atoms with Gasteiger partial charge in [0.1, 0.15) is 23.4 Å². The molecule has 0 aliphatic rings. The Bertz CT molecular complexity index is 1130. The maximum atomic E-state index is 11.2. The van der Waals surface area contributed by atoms with Crippen LogP contribution in [0.5, 0.6) is 5.75 Å². The van der Waals surface area contributed by atoms with Crippen molar-refractivity contribution in [3.05, 3.63) is 94.6 Å². The Kier molecular flexibility index (Phi) is 12.3. The number of aliphatic hydroxyl groups excluding tert-OH is 1. The number of nitrogens with zero attached hydrogens (tertiary/aromatic N) is 2. The fourth-order valence-corrected chi connectivity index (χ4v) is 3.98. The first-order chi connectivity index (χ1) is 17.4. The summed E-state index contributed by atoms with van der Waals surface area (Å²) < 4.78 is 12.4. The smallest absolute Gasteiger partial charge is 0.143 e. The van der Waals surface area contributed by atoms with Crippen molar-refractivity contribution in [2.45, 2.75) is 59.0 Å². The van der Waals surface area contributed by atoms with Crippen molar-refractivity contribution < 1.29 is 14.6 Å². The highest BCUT2D eigenvalue weighted by molar-refractivity contribution is 6.30. The van der Waals surface area contributed by atoms with Gasteiger partial charge in [0, 0.05) is 23.7 Å². The second kappa shape index (κ2) is 15.2. The number of benzene rings is 1. The molecule has 0 aliphatic heterocycles. The molecule has 0 bridgehead atoms. The van der Waals surface area contributed by atoms with Crippen LogP contribution in [-0.2, 0) is 4.74 Å². The van der Waals surface area contributed by atoms with Crippen molar-refractivity contribution >= 4 is 17.7 Å². The van der Waals surface area contributed by atoms with Crippen LogP contribution in [0.3, 0.4) is 0 Å². The van der Waals surface area contributed by atoms with Gasteiger partial charge in [0.15, 0.2) is 0 Å². The van der Waals surface area contributed by atoms with Gasteiger partial charge in [0.05, 0.1) is 19.2 Å². The van der Waals surface area contributed by atoms with Crippen LogP contribution in [0.25, 0.3) is 11.9 Å². The van der Waals surface area contributed by atoms with Crippen LogP contribution in [0.15, 0.2) is 67.2 Å². The second-order valence-electron chi connectivity index (χ2n) is 8.51. The zero-order valence-corrected chi connectivity index (χ0v) is 22.9. The number of aliphatic hydroxyl groups is 1. The molecule has 1 N–H and O–H groups in total. The molecule has 36 heavy (non-hydrogen) atoms. The summed E-state index contributed by atoms with van der Waals surface area (Å²) in [6, 6.07) is 11.1. The number of pyridine rings is 1. The maximum absolute atomic E-state index is 11.2. The zero-order valence-electron chi connectivity index (χ0n) is 22.1. The van der Waals surface area contributed by atoms with E-state index < -0.39 is 6.10 Å². The third kappa shape index (κ3) is 8.00. The minimum absolute atomic E-state index is 0.445. The number of hydrogen-bond acceptors (Lipinski definition) is 4. The van der Waals surface area contributed by atoms with Gasteiger partial charge in [-0.2, -0.15) is 0 Å². The Labute approximate surface area is 221 Å². The summed E-state index contributed by atoms with van der Waals surface area (Å²) >= 11 is 6.22. The molecular weight excluding hydrogens is 472 g/mol. The van der Waals surface area contributed by atoms with Crippen LogP contribution in [0, 0.1) is 6.92 Å². The van der Waals surface area contributed by atoms with E-state index in [0.29, 0.717) is 27.9 Å². The minimum Gasteiger partial charge on any atom is -0.497 e. The van der Waals surface area contributed by atoms with Gasteiger partial charge < -0.3 is 19.1 Å². The van der Waals surface area contributed by atoms with E-state index in [9.17, 15) is 5.11 Å². The summed E-state index contributed by atoms with van der Waals surface area (Å²) in [6.07, 6.45) is 13.2. The Morgan fingerprint density at radius 1 is 1.11 bits per heavy atom. The average Bonchev–Trinajstić information content (AvgIpc) is 3.36. The maximum Gasteiger partial charge on any atom is 0.143 e. The Hall–Kier alpha value is -3.02. The molecule has 0 spiro atoms. The minimum atomic E-state index is -0.931. The number of aromatic nitrogens is 2. The summed E-state index contributed by atoms with van der Waals surface area (Å²) in [6.45, 7) is 10.2. The summed E-state index contributed by atoms with van der Waals surface area (Å²) in [5.74, 6) is 1.83. The molecule has 2 heterocycles. The standard InChI is InChI=1S/C23H23ClN2O3.C7H16/c1-15(28-3)10-11-18-7-6-12-26(18)23-20(13-17(24)14-25-23)22(27)19-8-5-9-21(29-4)16(19)2;1-3-5-7-6-4-2/h5-14,22,27H,1H2,2-4H3;3-7H2,1-2H3/b11-10+;. The fraction of sp³-hybridized carbons (Fsp3) is 0.367. The molecule has 2 aromatic heterocycles. The molecule has 6 heteroatoms. The van der Waals surface area contributed by atoms with E-state index >= 15 is 0 Å². The topological polar surface area (TPSA) is 56.5 Å². The van der Waals surface area contributed by atoms with Gasteiger partial charge in [0.25, 0.3) is 0 Å². The molecule has 1 unspecified atom stereocenters. The van der Waals surface area contributed by atoms with Gasteiger partial charge in [-0.15, -0.1) is 0 Å². The van der Waals surface area contributed by atoms with Crippen molar-refractivity contribution in [3.63, 3.8) is 0 Å². The molecule has 1 atom stereocenters. The van der Waals surface area contributed by atoms with Crippen molar-refractivity contribution in [2.75, 3.05) is 14.2 Å². The SMILES string of the molecule is C=C(/C=C/c1cccn1-c1ncc(Cl)cc1C(O)c1cccc(OC)c1C)OC.CCCCCCC. The van der Waals surface area contributed by atoms with E-state index in [0.717, 1.165) is 16.8 Å². The second-order valence-corrected chi connectivity index (χ2v) is 8.95. The van der Waals surface area contributed by atoms with E-state index in [2.05, 4.69) is 25.4 Å². The van der Waals surface area contributed by atoms with Gasteiger partial charge in [-0.3, -0.25) is 0 Å². The molecule has 194 valence electrons. The van der Waals surface area contributed by atoms with Gasteiger partial charge in [-0.1, -0.05) is 76.3 Å². The molecule has 0 saturated carbocycles. The van der Waals surface area contributed by atoms with E-state index in [1.807, 2.05) is 54.1 Å². The quantitative estimate of drug-likeness (QED) is 0.161. The van der Waals surface area contributed by atoms with Crippen molar-refractivity contribution in [1.29, 1.82) is 0 Å². The highest BCUT2D eigenvalue weighted by Gasteiger charge is 2.21. The Balaban J connectivity index is 0.000000572. The molecule has 0 fully saturated rings. The molecule has 0 aliphatic carbocycles. The molecule has 0 amide bonds. The van der Waals surface area contributed by atoms with Gasteiger partial charge in [-0.05, 0) is 54.5 Å². The number of rotatable bonds is 11. The Morgan fingerprint density at radius 2 is 1.83 bits per heavy atom. The van der Waals surface area contributed by atoms with Crippen LogP contribution in [0.2, 0.25) is 5.02 Å². The van der Waals surface area contributed by atoms with Gasteiger partial charge in [-0.25, -0.2) is 4.98 Å². The van der Waals surface area contributed by atoms with Crippen molar-refractivity contribution in [2.24, 2.45) is 0 Å². The predicted octanol–water partition coefficient (Wildman–Crippen LogP) is 8.07. The third-order valence-electron chi connectivity index (χ3n) is 5.91. The van der Waals surface area contributed by atoms with Crippen LogP contribution < -0.4 is 4.74 Å². The van der Waals surface area contributed by atoms with Crippen LogP contribution in [0.4, 0.5) is 0 Å². The highest BCUT2D eigenvalue weighted by atomic mass is 35.5. The largest absolute Gasteiger partial charge is 0.497 e. The fourth-order valence-electron chi connectivity index (χ4n) is 3.81. The number of methoxy groups -OCH3 is 2. The van der Waals surface area contributed by atoms with Crippen molar-refractivity contribution in [3.8, 4) is 11.6 Å². The molecule has 0 radical (unpaired) electrons. The van der Waals surface area contributed by atoms with Gasteiger partial charge in [0.2, 0.25) is 0 Å². The zero-order chi connectivity index (χ0) is 26.5. The first-order valence-corrected chi connectivity index (χ1v) is 12.8. The lowest BCUT2D eigenvalue weighted by molar-refractivity contribution is 0.218. The number of unbranched alkanes of at least 4 members (excludes halogenated alkanes) is 4. The molecule has 0 saturated heterocycles. The summed E-state index contributed by atoms with van der Waals surface area (Å²) in [7, 11) is 3.18. The highest BCUT2D eigenvalue weighted by Crippen LogP contribution is 2.33. The first kappa shape index (κ1) is 29.2. The molecular formula is C30H39ClN2O3. The van der Waals surface area contributed by atoms with E-state index in [4.69, 9.17) is 21.1 Å². The molecule has 1 aromatic carbocycles.